The number of anilines is 1. The molecule has 0 aliphatic rings. The maximum absolute atomic E-state index is 13.0. The van der Waals surface area contributed by atoms with Crippen LogP contribution in [0.5, 0.6) is 0 Å². The number of rotatable bonds is 4. The van der Waals surface area contributed by atoms with Crippen molar-refractivity contribution in [2.75, 3.05) is 5.73 Å². The van der Waals surface area contributed by atoms with Crippen molar-refractivity contribution in [3.63, 3.8) is 0 Å². The van der Waals surface area contributed by atoms with Crippen LogP contribution in [0.3, 0.4) is 0 Å². The Kier molecular flexibility index (Phi) is 5.26. The van der Waals surface area contributed by atoms with Crippen LogP contribution in [-0.4, -0.2) is 5.78 Å². The van der Waals surface area contributed by atoms with Crippen LogP contribution in [0.1, 0.15) is 54.2 Å². The SMILES string of the molecule is CC(C)(C)c1cc(N)cc(C(=O)CCc2ccccc2C(F)(F)F)c1. The number of nitrogens with two attached hydrogens (primary N) is 1. The van der Waals surface area contributed by atoms with Crippen molar-refractivity contribution in [2.24, 2.45) is 0 Å². The lowest BCUT2D eigenvalue weighted by atomic mass is 9.85. The summed E-state index contributed by atoms with van der Waals surface area (Å²) in [5, 5.41) is 0. The number of nitrogen functional groups attached to an aromatic ring is 1. The minimum Gasteiger partial charge on any atom is -0.399 e. The third kappa shape index (κ3) is 4.84. The lowest BCUT2D eigenvalue weighted by Crippen LogP contribution is -2.14. The van der Waals surface area contributed by atoms with E-state index in [9.17, 15) is 18.0 Å². The predicted octanol–water partition coefficient (Wildman–Crippen LogP) is 5.40. The van der Waals surface area contributed by atoms with Crippen LogP contribution in [0, 0.1) is 0 Å². The van der Waals surface area contributed by atoms with Crippen LogP contribution >= 0.6 is 0 Å². The van der Waals surface area contributed by atoms with Gasteiger partial charge in [0.15, 0.2) is 5.78 Å². The average Bonchev–Trinajstić information content (AvgIpc) is 2.50. The highest BCUT2D eigenvalue weighted by Gasteiger charge is 2.32. The van der Waals surface area contributed by atoms with E-state index in [4.69, 9.17) is 5.73 Å². The van der Waals surface area contributed by atoms with Crippen LogP contribution in [0.25, 0.3) is 0 Å². The summed E-state index contributed by atoms with van der Waals surface area (Å²) >= 11 is 0. The molecule has 2 aromatic carbocycles. The predicted molar refractivity (Wildman–Crippen MR) is 93.6 cm³/mol. The molecule has 0 spiro atoms. The quantitative estimate of drug-likeness (QED) is 0.593. The third-order valence-electron chi connectivity index (χ3n) is 4.09. The number of aryl methyl sites for hydroxylation is 1. The second-order valence-electron chi connectivity index (χ2n) is 7.17. The maximum atomic E-state index is 13.0. The first-order valence-corrected chi connectivity index (χ1v) is 8.08. The first-order chi connectivity index (χ1) is 11.5. The Morgan fingerprint density at radius 1 is 1.04 bits per heavy atom. The van der Waals surface area contributed by atoms with E-state index in [1.165, 1.54) is 12.1 Å². The molecule has 0 saturated carbocycles. The molecule has 0 radical (unpaired) electrons. The molecule has 5 heteroatoms. The molecule has 0 unspecified atom stereocenters. The molecule has 0 amide bonds. The fourth-order valence-electron chi connectivity index (χ4n) is 2.65. The Morgan fingerprint density at radius 2 is 1.68 bits per heavy atom. The molecule has 25 heavy (non-hydrogen) atoms. The fourth-order valence-corrected chi connectivity index (χ4v) is 2.65. The second-order valence-corrected chi connectivity index (χ2v) is 7.17. The lowest BCUT2D eigenvalue weighted by molar-refractivity contribution is -0.138. The molecule has 0 saturated heterocycles. The molecule has 2 nitrogen and oxygen atoms in total. The molecule has 0 aliphatic carbocycles. The summed E-state index contributed by atoms with van der Waals surface area (Å²) in [4.78, 5) is 12.5. The van der Waals surface area contributed by atoms with E-state index in [0.29, 0.717) is 11.3 Å². The molecule has 2 aromatic rings. The van der Waals surface area contributed by atoms with Gasteiger partial charge in [-0.05, 0) is 47.2 Å². The topological polar surface area (TPSA) is 43.1 Å². The zero-order valence-electron chi connectivity index (χ0n) is 14.6. The van der Waals surface area contributed by atoms with Gasteiger partial charge in [0.2, 0.25) is 0 Å². The van der Waals surface area contributed by atoms with E-state index >= 15 is 0 Å². The minimum absolute atomic E-state index is 0.000128. The van der Waals surface area contributed by atoms with Crippen molar-refractivity contribution in [1.29, 1.82) is 0 Å². The Balaban J connectivity index is 2.21. The van der Waals surface area contributed by atoms with Crippen molar-refractivity contribution >= 4 is 11.5 Å². The van der Waals surface area contributed by atoms with Crippen molar-refractivity contribution in [1.82, 2.24) is 0 Å². The third-order valence-corrected chi connectivity index (χ3v) is 4.09. The normalized spacial score (nSPS) is 12.2. The van der Waals surface area contributed by atoms with Gasteiger partial charge in [0.1, 0.15) is 0 Å². The van der Waals surface area contributed by atoms with Gasteiger partial charge in [0, 0.05) is 17.7 Å². The van der Waals surface area contributed by atoms with E-state index in [0.717, 1.165) is 11.6 Å². The van der Waals surface area contributed by atoms with Gasteiger partial charge in [-0.2, -0.15) is 13.2 Å². The Hall–Kier alpha value is -2.30. The highest BCUT2D eigenvalue weighted by atomic mass is 19.4. The molecule has 0 aromatic heterocycles. The summed E-state index contributed by atoms with van der Waals surface area (Å²) in [5.74, 6) is -0.213. The zero-order valence-corrected chi connectivity index (χ0v) is 14.6. The van der Waals surface area contributed by atoms with Gasteiger partial charge < -0.3 is 5.73 Å². The molecular weight excluding hydrogens is 327 g/mol. The highest BCUT2D eigenvalue weighted by Crippen LogP contribution is 2.32. The maximum Gasteiger partial charge on any atom is 0.416 e. The number of hydrogen-bond acceptors (Lipinski definition) is 2. The molecule has 2 rings (SSSR count). The number of halogens is 3. The Bertz CT molecular complexity index is 773. The van der Waals surface area contributed by atoms with E-state index < -0.39 is 11.7 Å². The van der Waals surface area contributed by atoms with Crippen molar-refractivity contribution in [2.45, 2.75) is 45.2 Å². The van der Waals surface area contributed by atoms with Crippen LogP contribution in [0.4, 0.5) is 18.9 Å². The number of hydrogen-bond donors (Lipinski definition) is 1. The first kappa shape index (κ1) is 19.0. The summed E-state index contributed by atoms with van der Waals surface area (Å²) in [6.45, 7) is 6.03. The van der Waals surface area contributed by atoms with Crippen LogP contribution < -0.4 is 5.73 Å². The monoisotopic (exact) mass is 349 g/mol. The minimum atomic E-state index is -4.42. The molecule has 134 valence electrons. The lowest BCUT2D eigenvalue weighted by Gasteiger charge is -2.20. The first-order valence-electron chi connectivity index (χ1n) is 8.08. The molecule has 0 aliphatic heterocycles. The Labute approximate surface area is 145 Å². The summed E-state index contributed by atoms with van der Waals surface area (Å²) in [6, 6.07) is 10.5. The summed E-state index contributed by atoms with van der Waals surface area (Å²) in [7, 11) is 0. The highest BCUT2D eigenvalue weighted by molar-refractivity contribution is 5.97. The fraction of sp³-hybridized carbons (Fsp3) is 0.350. The van der Waals surface area contributed by atoms with Gasteiger partial charge in [0.25, 0.3) is 0 Å². The standard InChI is InChI=1S/C20H22F3NO/c1-19(2,3)15-10-14(11-16(24)12-15)18(25)9-8-13-6-4-5-7-17(13)20(21,22)23/h4-7,10-12H,8-9,24H2,1-3H3. The van der Waals surface area contributed by atoms with E-state index in [1.807, 2.05) is 26.8 Å². The molecule has 0 fully saturated rings. The van der Waals surface area contributed by atoms with Crippen molar-refractivity contribution in [3.05, 3.63) is 64.7 Å². The second kappa shape index (κ2) is 6.90. The van der Waals surface area contributed by atoms with Gasteiger partial charge in [-0.1, -0.05) is 39.0 Å². The van der Waals surface area contributed by atoms with Gasteiger partial charge >= 0.3 is 6.18 Å². The van der Waals surface area contributed by atoms with Crippen LogP contribution in [0.15, 0.2) is 42.5 Å². The molecule has 2 N–H and O–H groups in total. The van der Waals surface area contributed by atoms with Gasteiger partial charge in [0.05, 0.1) is 5.56 Å². The summed E-state index contributed by atoms with van der Waals surface area (Å²) in [5.41, 5.74) is 6.99. The number of benzene rings is 2. The number of Topliss-reactive ketones (excluding diaryl/α,β-unsaturated/α-hetero) is 1. The van der Waals surface area contributed by atoms with Gasteiger partial charge in [-0.25, -0.2) is 0 Å². The number of carbonyl (C=O) groups excluding carboxylic acids is 1. The van der Waals surface area contributed by atoms with E-state index in [2.05, 4.69) is 0 Å². The largest absolute Gasteiger partial charge is 0.416 e. The smallest absolute Gasteiger partial charge is 0.399 e. The molecule has 0 atom stereocenters. The zero-order chi connectivity index (χ0) is 18.8. The van der Waals surface area contributed by atoms with Crippen LogP contribution in [-0.2, 0) is 18.0 Å². The molecule has 0 heterocycles. The van der Waals surface area contributed by atoms with E-state index in [1.54, 1.807) is 18.2 Å². The average molecular weight is 349 g/mol. The number of carbonyl (C=O) groups is 1. The molecular formula is C20H22F3NO. The Morgan fingerprint density at radius 3 is 2.28 bits per heavy atom. The summed E-state index contributed by atoms with van der Waals surface area (Å²) in [6.07, 6.45) is -4.38. The number of ketones is 1. The van der Waals surface area contributed by atoms with Crippen molar-refractivity contribution in [3.8, 4) is 0 Å². The van der Waals surface area contributed by atoms with Gasteiger partial charge in [-0.15, -0.1) is 0 Å². The number of alkyl halides is 3. The van der Waals surface area contributed by atoms with Crippen molar-refractivity contribution < 1.29 is 18.0 Å². The summed E-state index contributed by atoms with van der Waals surface area (Å²) < 4.78 is 39.1. The molecule has 0 bridgehead atoms. The van der Waals surface area contributed by atoms with E-state index in [-0.39, 0.29) is 29.6 Å². The van der Waals surface area contributed by atoms with Gasteiger partial charge in [-0.3, -0.25) is 4.79 Å². The van der Waals surface area contributed by atoms with Crippen LogP contribution in [0.2, 0.25) is 0 Å².